The molecular weight excluding hydrogens is 348 g/mol. The van der Waals surface area contributed by atoms with Crippen molar-refractivity contribution in [1.29, 1.82) is 0 Å². The first-order valence-corrected chi connectivity index (χ1v) is 10.3. The fourth-order valence-corrected chi connectivity index (χ4v) is 4.78. The van der Waals surface area contributed by atoms with Gasteiger partial charge in [0, 0.05) is 11.8 Å². The molecule has 0 radical (unpaired) electrons. The summed E-state index contributed by atoms with van der Waals surface area (Å²) in [5, 5.41) is 5.83. The standard InChI is InChI=1S/C20H32N2O5/c1-11(21-17(23)13-5-7-19(3)15(9-13)26-19)25-12(2)22-18(24)14-6-8-20(4)16(10-14)27-20/h11-16H,5-10H2,1-4H3,(H,21,23)(H,22,24). The number of ether oxygens (including phenoxy) is 3. The predicted molar refractivity (Wildman–Crippen MR) is 97.5 cm³/mol. The Kier molecular flexibility index (Phi) is 4.76. The highest BCUT2D eigenvalue weighted by Crippen LogP contribution is 2.50. The van der Waals surface area contributed by atoms with E-state index in [9.17, 15) is 9.59 Å². The Hall–Kier alpha value is -1.18. The summed E-state index contributed by atoms with van der Waals surface area (Å²) in [7, 11) is 0. The molecule has 0 bridgehead atoms. The Morgan fingerprint density at radius 3 is 1.67 bits per heavy atom. The molecule has 2 saturated heterocycles. The number of fused-ring (bicyclic) bond motifs is 2. The molecule has 4 rings (SSSR count). The number of hydrogen-bond acceptors (Lipinski definition) is 5. The van der Waals surface area contributed by atoms with E-state index in [2.05, 4.69) is 24.5 Å². The molecule has 4 fully saturated rings. The Balaban J connectivity index is 1.17. The van der Waals surface area contributed by atoms with Crippen molar-refractivity contribution in [3.63, 3.8) is 0 Å². The zero-order valence-electron chi connectivity index (χ0n) is 16.7. The van der Waals surface area contributed by atoms with Crippen molar-refractivity contribution in [2.75, 3.05) is 0 Å². The van der Waals surface area contributed by atoms with Gasteiger partial charge in [-0.3, -0.25) is 9.59 Å². The van der Waals surface area contributed by atoms with Gasteiger partial charge in [0.2, 0.25) is 11.8 Å². The van der Waals surface area contributed by atoms with Gasteiger partial charge in [0.15, 0.2) is 0 Å². The molecule has 0 spiro atoms. The molecule has 7 nitrogen and oxygen atoms in total. The summed E-state index contributed by atoms with van der Waals surface area (Å²) < 4.78 is 17.1. The monoisotopic (exact) mass is 380 g/mol. The molecule has 7 heteroatoms. The van der Waals surface area contributed by atoms with Crippen LogP contribution in [0.2, 0.25) is 0 Å². The van der Waals surface area contributed by atoms with Crippen LogP contribution in [-0.4, -0.2) is 47.7 Å². The van der Waals surface area contributed by atoms with E-state index in [0.717, 1.165) is 38.5 Å². The smallest absolute Gasteiger partial charge is 0.225 e. The van der Waals surface area contributed by atoms with Crippen LogP contribution in [0.4, 0.5) is 0 Å². The molecule has 0 aromatic heterocycles. The number of hydrogen-bond donors (Lipinski definition) is 2. The average Bonchev–Trinajstić information content (AvgIpc) is 3.45. The summed E-state index contributed by atoms with van der Waals surface area (Å²) in [6.07, 6.45) is 4.67. The van der Waals surface area contributed by atoms with Gasteiger partial charge in [-0.2, -0.15) is 0 Å². The predicted octanol–water partition coefficient (Wildman–Crippen LogP) is 1.84. The number of carbonyl (C=O) groups is 2. The number of nitrogens with one attached hydrogen (secondary N) is 2. The number of rotatable bonds is 6. The molecule has 152 valence electrons. The lowest BCUT2D eigenvalue weighted by atomic mass is 9.82. The van der Waals surface area contributed by atoms with Gasteiger partial charge in [-0.25, -0.2) is 0 Å². The van der Waals surface area contributed by atoms with E-state index in [1.165, 1.54) is 0 Å². The lowest BCUT2D eigenvalue weighted by Gasteiger charge is -2.27. The van der Waals surface area contributed by atoms with E-state index < -0.39 is 12.5 Å². The van der Waals surface area contributed by atoms with E-state index in [-0.39, 0.29) is 47.1 Å². The first-order valence-electron chi connectivity index (χ1n) is 10.3. The van der Waals surface area contributed by atoms with Gasteiger partial charge in [0.25, 0.3) is 0 Å². The summed E-state index contributed by atoms with van der Waals surface area (Å²) in [5.41, 5.74) is 0.0273. The Bertz CT molecular complexity index is 575. The van der Waals surface area contributed by atoms with Crippen LogP contribution in [0.5, 0.6) is 0 Å². The minimum atomic E-state index is -0.456. The van der Waals surface area contributed by atoms with E-state index in [4.69, 9.17) is 14.2 Å². The first kappa shape index (κ1) is 19.2. The molecule has 2 aliphatic carbocycles. The highest BCUT2D eigenvalue weighted by molar-refractivity contribution is 5.79. The normalized spacial score (nSPS) is 44.3. The summed E-state index contributed by atoms with van der Waals surface area (Å²) >= 11 is 0. The lowest BCUT2D eigenvalue weighted by molar-refractivity contribution is -0.135. The molecule has 2 N–H and O–H groups in total. The van der Waals surface area contributed by atoms with Crippen molar-refractivity contribution < 1.29 is 23.8 Å². The van der Waals surface area contributed by atoms with Crippen LogP contribution in [0.15, 0.2) is 0 Å². The van der Waals surface area contributed by atoms with E-state index in [1.54, 1.807) is 13.8 Å². The van der Waals surface area contributed by atoms with E-state index in [1.807, 2.05) is 0 Å². The maximum absolute atomic E-state index is 12.5. The number of epoxide rings is 2. The Labute approximate surface area is 160 Å². The summed E-state index contributed by atoms with van der Waals surface area (Å²) in [6.45, 7) is 7.82. The average molecular weight is 380 g/mol. The largest absolute Gasteiger partial charge is 0.366 e. The third-order valence-electron chi connectivity index (χ3n) is 6.89. The van der Waals surface area contributed by atoms with Crippen molar-refractivity contribution in [2.24, 2.45) is 11.8 Å². The van der Waals surface area contributed by atoms with Crippen LogP contribution in [0.1, 0.15) is 66.2 Å². The fourth-order valence-electron chi connectivity index (χ4n) is 4.78. The van der Waals surface area contributed by atoms with Gasteiger partial charge in [-0.15, -0.1) is 0 Å². The van der Waals surface area contributed by atoms with Crippen molar-refractivity contribution in [3.05, 3.63) is 0 Å². The van der Waals surface area contributed by atoms with Gasteiger partial charge in [-0.1, -0.05) is 0 Å². The van der Waals surface area contributed by atoms with Crippen molar-refractivity contribution in [1.82, 2.24) is 10.6 Å². The summed E-state index contributed by atoms with van der Waals surface area (Å²) in [5.74, 6) is -0.0136. The maximum Gasteiger partial charge on any atom is 0.225 e. The molecule has 2 aliphatic heterocycles. The van der Waals surface area contributed by atoms with Crippen molar-refractivity contribution >= 4 is 11.8 Å². The molecule has 2 amide bonds. The van der Waals surface area contributed by atoms with Gasteiger partial charge >= 0.3 is 0 Å². The highest BCUT2D eigenvalue weighted by Gasteiger charge is 2.57. The van der Waals surface area contributed by atoms with Gasteiger partial charge < -0.3 is 24.8 Å². The molecule has 8 atom stereocenters. The van der Waals surface area contributed by atoms with Crippen LogP contribution in [-0.2, 0) is 23.8 Å². The Morgan fingerprint density at radius 2 is 1.30 bits per heavy atom. The van der Waals surface area contributed by atoms with Crippen LogP contribution in [0, 0.1) is 11.8 Å². The van der Waals surface area contributed by atoms with E-state index in [0.29, 0.717) is 0 Å². The van der Waals surface area contributed by atoms with Gasteiger partial charge in [0.1, 0.15) is 12.5 Å². The van der Waals surface area contributed by atoms with Gasteiger partial charge in [0.05, 0.1) is 23.4 Å². The van der Waals surface area contributed by atoms with E-state index >= 15 is 0 Å². The second-order valence-corrected chi connectivity index (χ2v) is 9.22. The third kappa shape index (κ3) is 4.00. The van der Waals surface area contributed by atoms with Crippen molar-refractivity contribution in [3.8, 4) is 0 Å². The zero-order valence-corrected chi connectivity index (χ0v) is 16.7. The second kappa shape index (κ2) is 6.71. The zero-order chi connectivity index (χ0) is 19.4. The fraction of sp³-hybridized carbons (Fsp3) is 0.900. The maximum atomic E-state index is 12.5. The molecule has 2 heterocycles. The SMILES string of the molecule is CC(NC(=O)C1CCC2(C)OC2C1)OC(C)NC(=O)C1CCC2(C)OC2C1. The first-order chi connectivity index (χ1) is 12.7. The second-order valence-electron chi connectivity index (χ2n) is 9.22. The lowest BCUT2D eigenvalue weighted by Crippen LogP contribution is -2.46. The molecule has 4 aliphatic rings. The topological polar surface area (TPSA) is 92.5 Å². The summed E-state index contributed by atoms with van der Waals surface area (Å²) in [6, 6.07) is 0. The molecule has 2 saturated carbocycles. The molecule has 27 heavy (non-hydrogen) atoms. The van der Waals surface area contributed by atoms with Gasteiger partial charge in [-0.05, 0) is 66.2 Å². The van der Waals surface area contributed by atoms with Crippen LogP contribution in [0.25, 0.3) is 0 Å². The number of amides is 2. The minimum absolute atomic E-state index is 0.0102. The molecular formula is C20H32N2O5. The number of carbonyl (C=O) groups excluding carboxylic acids is 2. The van der Waals surface area contributed by atoms with Crippen molar-refractivity contribution in [2.45, 2.75) is 102 Å². The van der Waals surface area contributed by atoms with Crippen LogP contribution < -0.4 is 10.6 Å². The molecule has 8 unspecified atom stereocenters. The Morgan fingerprint density at radius 1 is 0.889 bits per heavy atom. The quantitative estimate of drug-likeness (QED) is 0.542. The van der Waals surface area contributed by atoms with Crippen LogP contribution in [0.3, 0.4) is 0 Å². The highest BCUT2D eigenvalue weighted by atomic mass is 16.6. The molecule has 0 aromatic rings. The summed E-state index contributed by atoms with van der Waals surface area (Å²) in [4.78, 5) is 24.9. The molecule has 0 aromatic carbocycles. The van der Waals surface area contributed by atoms with Crippen LogP contribution >= 0.6 is 0 Å². The minimum Gasteiger partial charge on any atom is -0.366 e. The third-order valence-corrected chi connectivity index (χ3v) is 6.89.